The summed E-state index contributed by atoms with van der Waals surface area (Å²) < 4.78 is 0. The summed E-state index contributed by atoms with van der Waals surface area (Å²) >= 11 is 0. The summed E-state index contributed by atoms with van der Waals surface area (Å²) in [6, 6.07) is 8.74. The highest BCUT2D eigenvalue weighted by atomic mass is 14.2. The van der Waals surface area contributed by atoms with E-state index in [9.17, 15) is 0 Å². The zero-order valence-corrected chi connectivity index (χ0v) is 12.2. The molecule has 0 bridgehead atoms. The second kappa shape index (κ2) is 5.66. The van der Waals surface area contributed by atoms with E-state index in [-0.39, 0.29) is 0 Å². The molecule has 102 valence electrons. The van der Waals surface area contributed by atoms with E-state index >= 15 is 0 Å². The highest BCUT2D eigenvalue weighted by molar-refractivity contribution is 5.79. The molecule has 0 nitrogen and oxygen atoms in total. The SMILES string of the molecule is C=C(C)[C@H]1CC=C(C=C2C=CCc3ccccc32)CC1. The Morgan fingerprint density at radius 3 is 2.90 bits per heavy atom. The van der Waals surface area contributed by atoms with E-state index < -0.39 is 0 Å². The van der Waals surface area contributed by atoms with Gasteiger partial charge in [-0.2, -0.15) is 0 Å². The van der Waals surface area contributed by atoms with Crippen LogP contribution in [0.2, 0.25) is 0 Å². The number of allylic oxidation sites excluding steroid dienone is 7. The standard InChI is InChI=1S/C20H22/c1-15(2)17-12-10-16(11-13-17)14-19-8-5-7-18-6-3-4-9-20(18)19/h3-6,8-10,14,17H,1,7,11-13H2,2H3/t17-/m0/s1. The fraction of sp³-hybridized carbons (Fsp3) is 0.300. The maximum Gasteiger partial charge on any atom is -0.00880 e. The molecule has 0 unspecified atom stereocenters. The van der Waals surface area contributed by atoms with E-state index in [1.807, 2.05) is 0 Å². The van der Waals surface area contributed by atoms with Gasteiger partial charge in [-0.3, -0.25) is 0 Å². The predicted molar refractivity (Wildman–Crippen MR) is 87.5 cm³/mol. The summed E-state index contributed by atoms with van der Waals surface area (Å²) in [5, 5.41) is 0. The zero-order valence-electron chi connectivity index (χ0n) is 12.2. The molecule has 0 saturated heterocycles. The number of benzene rings is 1. The zero-order chi connectivity index (χ0) is 13.9. The third kappa shape index (κ3) is 2.70. The molecule has 0 fully saturated rings. The molecular formula is C20H22. The van der Waals surface area contributed by atoms with E-state index in [0.717, 1.165) is 12.8 Å². The molecule has 0 heterocycles. The summed E-state index contributed by atoms with van der Waals surface area (Å²) in [5.74, 6) is 0.686. The van der Waals surface area contributed by atoms with Crippen molar-refractivity contribution in [3.63, 3.8) is 0 Å². The molecule has 1 aromatic rings. The van der Waals surface area contributed by atoms with E-state index in [1.165, 1.54) is 40.7 Å². The van der Waals surface area contributed by atoms with Gasteiger partial charge in [0.05, 0.1) is 0 Å². The van der Waals surface area contributed by atoms with Crippen LogP contribution in [0, 0.1) is 5.92 Å². The first-order chi connectivity index (χ1) is 9.74. The average Bonchev–Trinajstić information content (AvgIpc) is 2.48. The van der Waals surface area contributed by atoms with E-state index in [4.69, 9.17) is 0 Å². The molecule has 1 aromatic carbocycles. The molecular weight excluding hydrogens is 240 g/mol. The Balaban J connectivity index is 1.85. The van der Waals surface area contributed by atoms with Crippen LogP contribution >= 0.6 is 0 Å². The Labute approximate surface area is 122 Å². The summed E-state index contributed by atoms with van der Waals surface area (Å²) in [7, 11) is 0. The molecule has 3 rings (SSSR count). The van der Waals surface area contributed by atoms with Crippen molar-refractivity contribution in [2.45, 2.75) is 32.6 Å². The topological polar surface area (TPSA) is 0 Å². The van der Waals surface area contributed by atoms with E-state index in [1.54, 1.807) is 0 Å². The smallest absolute Gasteiger partial charge is 0.00880 e. The Bertz CT molecular complexity index is 611. The van der Waals surface area contributed by atoms with Crippen LogP contribution in [0.5, 0.6) is 0 Å². The quantitative estimate of drug-likeness (QED) is 0.619. The maximum atomic E-state index is 4.09. The van der Waals surface area contributed by atoms with Crippen LogP contribution < -0.4 is 0 Å². The Morgan fingerprint density at radius 1 is 1.30 bits per heavy atom. The molecule has 0 spiro atoms. The normalized spacial score (nSPS) is 23.4. The summed E-state index contributed by atoms with van der Waals surface area (Å²) in [6.07, 6.45) is 14.0. The van der Waals surface area contributed by atoms with Crippen molar-refractivity contribution in [3.05, 3.63) is 77.4 Å². The summed E-state index contributed by atoms with van der Waals surface area (Å²) in [6.45, 7) is 6.25. The summed E-state index contributed by atoms with van der Waals surface area (Å²) in [4.78, 5) is 0. The summed E-state index contributed by atoms with van der Waals surface area (Å²) in [5.41, 5.74) is 7.02. The number of hydrogen-bond donors (Lipinski definition) is 0. The highest BCUT2D eigenvalue weighted by Crippen LogP contribution is 2.32. The second-order valence-electron chi connectivity index (χ2n) is 5.96. The van der Waals surface area contributed by atoms with Gasteiger partial charge in [-0.15, -0.1) is 0 Å². The van der Waals surface area contributed by atoms with Crippen LogP contribution in [0.15, 0.2) is 66.3 Å². The van der Waals surface area contributed by atoms with Crippen LogP contribution in [0.1, 0.15) is 37.3 Å². The van der Waals surface area contributed by atoms with E-state index in [0.29, 0.717) is 5.92 Å². The Kier molecular flexibility index (Phi) is 3.73. The Hall–Kier alpha value is -1.82. The molecule has 0 N–H and O–H groups in total. The van der Waals surface area contributed by atoms with Gasteiger partial charge in [0.25, 0.3) is 0 Å². The lowest BCUT2D eigenvalue weighted by atomic mass is 9.84. The van der Waals surface area contributed by atoms with Gasteiger partial charge in [0.15, 0.2) is 0 Å². The lowest BCUT2D eigenvalue weighted by Crippen LogP contribution is -2.06. The minimum absolute atomic E-state index is 0.686. The van der Waals surface area contributed by atoms with Crippen molar-refractivity contribution >= 4 is 5.57 Å². The van der Waals surface area contributed by atoms with Crippen molar-refractivity contribution < 1.29 is 0 Å². The molecule has 20 heavy (non-hydrogen) atoms. The van der Waals surface area contributed by atoms with Gasteiger partial charge in [0.1, 0.15) is 0 Å². The molecule has 0 saturated carbocycles. The van der Waals surface area contributed by atoms with Crippen molar-refractivity contribution in [1.29, 1.82) is 0 Å². The van der Waals surface area contributed by atoms with Gasteiger partial charge in [-0.1, -0.05) is 66.3 Å². The van der Waals surface area contributed by atoms with Crippen molar-refractivity contribution in [1.82, 2.24) is 0 Å². The van der Waals surface area contributed by atoms with Crippen molar-refractivity contribution in [2.75, 3.05) is 0 Å². The van der Waals surface area contributed by atoms with Gasteiger partial charge >= 0.3 is 0 Å². The second-order valence-corrected chi connectivity index (χ2v) is 5.96. The lowest BCUT2D eigenvalue weighted by molar-refractivity contribution is 0.545. The third-order valence-corrected chi connectivity index (χ3v) is 4.45. The van der Waals surface area contributed by atoms with Gasteiger partial charge in [0, 0.05) is 0 Å². The number of hydrogen-bond acceptors (Lipinski definition) is 0. The predicted octanol–water partition coefficient (Wildman–Crippen LogP) is 5.48. The van der Waals surface area contributed by atoms with E-state index in [2.05, 4.69) is 62.1 Å². The molecule has 0 heteroatoms. The van der Waals surface area contributed by atoms with Crippen LogP contribution in [0.3, 0.4) is 0 Å². The molecule has 0 aliphatic heterocycles. The molecule has 2 aliphatic rings. The van der Waals surface area contributed by atoms with Crippen molar-refractivity contribution in [3.8, 4) is 0 Å². The van der Waals surface area contributed by atoms with Gasteiger partial charge in [-0.05, 0) is 55.2 Å². The highest BCUT2D eigenvalue weighted by Gasteiger charge is 2.15. The number of fused-ring (bicyclic) bond motifs is 1. The molecule has 2 aliphatic carbocycles. The first-order valence-electron chi connectivity index (χ1n) is 7.55. The van der Waals surface area contributed by atoms with Crippen LogP contribution in [-0.4, -0.2) is 0 Å². The third-order valence-electron chi connectivity index (χ3n) is 4.45. The van der Waals surface area contributed by atoms with Gasteiger partial charge < -0.3 is 0 Å². The monoisotopic (exact) mass is 262 g/mol. The van der Waals surface area contributed by atoms with Crippen LogP contribution in [-0.2, 0) is 6.42 Å². The average molecular weight is 262 g/mol. The molecule has 1 atom stereocenters. The lowest BCUT2D eigenvalue weighted by Gasteiger charge is -2.22. The fourth-order valence-electron chi connectivity index (χ4n) is 3.14. The van der Waals surface area contributed by atoms with Crippen LogP contribution in [0.4, 0.5) is 0 Å². The molecule has 0 radical (unpaired) electrons. The Morgan fingerprint density at radius 2 is 2.15 bits per heavy atom. The fourth-order valence-corrected chi connectivity index (χ4v) is 3.14. The molecule has 0 aromatic heterocycles. The first kappa shape index (κ1) is 13.2. The minimum Gasteiger partial charge on any atom is -0.0998 e. The molecule has 0 amide bonds. The van der Waals surface area contributed by atoms with Crippen LogP contribution in [0.25, 0.3) is 5.57 Å². The number of rotatable bonds is 2. The first-order valence-corrected chi connectivity index (χ1v) is 7.55. The van der Waals surface area contributed by atoms with Gasteiger partial charge in [-0.25, -0.2) is 0 Å². The minimum atomic E-state index is 0.686. The van der Waals surface area contributed by atoms with Crippen molar-refractivity contribution in [2.24, 2.45) is 5.92 Å². The maximum absolute atomic E-state index is 4.09. The largest absolute Gasteiger partial charge is 0.0998 e. The van der Waals surface area contributed by atoms with Gasteiger partial charge in [0.2, 0.25) is 0 Å².